The Morgan fingerprint density at radius 2 is 1.72 bits per heavy atom. The van der Waals surface area contributed by atoms with E-state index < -0.39 is 0 Å². The van der Waals surface area contributed by atoms with Crippen molar-refractivity contribution in [1.29, 1.82) is 0 Å². The van der Waals surface area contributed by atoms with E-state index in [1.165, 1.54) is 18.2 Å². The topological polar surface area (TPSA) is 53.0 Å². The van der Waals surface area contributed by atoms with Crippen LogP contribution < -0.4 is 4.74 Å². The molecule has 0 radical (unpaired) electrons. The summed E-state index contributed by atoms with van der Waals surface area (Å²) in [6, 6.07) is 12.6. The number of phenols is 1. The van der Waals surface area contributed by atoms with Crippen LogP contribution in [0.2, 0.25) is 0 Å². The molecule has 1 aliphatic rings. The summed E-state index contributed by atoms with van der Waals surface area (Å²) in [7, 11) is 0. The molecule has 0 spiro atoms. The number of para-hydroxylation sites is 1. The zero-order chi connectivity index (χ0) is 17.6. The van der Waals surface area contributed by atoms with Gasteiger partial charge in [-0.25, -0.2) is 4.39 Å². The second-order valence-corrected chi connectivity index (χ2v) is 5.95. The number of piperazine rings is 1. The van der Waals surface area contributed by atoms with E-state index in [9.17, 15) is 14.3 Å². The molecule has 0 unspecified atom stereocenters. The Labute approximate surface area is 146 Å². The quantitative estimate of drug-likeness (QED) is 0.905. The number of carbonyl (C=O) groups is 1. The van der Waals surface area contributed by atoms with Crippen molar-refractivity contribution < 1.29 is 19.0 Å². The SMILES string of the molecule is O=C(c1ccccc1O)N1CCN(CCOc2ccc(F)cc2)CC1. The van der Waals surface area contributed by atoms with E-state index in [0.29, 0.717) is 31.0 Å². The van der Waals surface area contributed by atoms with Gasteiger partial charge in [-0.2, -0.15) is 0 Å². The molecule has 0 saturated carbocycles. The van der Waals surface area contributed by atoms with Gasteiger partial charge in [-0.3, -0.25) is 9.69 Å². The minimum atomic E-state index is -0.280. The molecular weight excluding hydrogens is 323 g/mol. The van der Waals surface area contributed by atoms with Crippen LogP contribution in [0.25, 0.3) is 0 Å². The zero-order valence-electron chi connectivity index (χ0n) is 13.9. The average Bonchev–Trinajstić information content (AvgIpc) is 2.64. The first-order chi connectivity index (χ1) is 12.1. The van der Waals surface area contributed by atoms with Crippen LogP contribution in [0, 0.1) is 5.82 Å². The lowest BCUT2D eigenvalue weighted by atomic mass is 10.1. The predicted molar refractivity (Wildman–Crippen MR) is 92.3 cm³/mol. The van der Waals surface area contributed by atoms with Gasteiger partial charge in [0.1, 0.15) is 23.9 Å². The summed E-state index contributed by atoms with van der Waals surface area (Å²) >= 11 is 0. The summed E-state index contributed by atoms with van der Waals surface area (Å²) in [5.41, 5.74) is 0.343. The van der Waals surface area contributed by atoms with Gasteiger partial charge in [0.25, 0.3) is 5.91 Å². The number of halogens is 1. The average molecular weight is 344 g/mol. The third kappa shape index (κ3) is 4.48. The highest BCUT2D eigenvalue weighted by Crippen LogP contribution is 2.18. The monoisotopic (exact) mass is 344 g/mol. The number of phenolic OH excluding ortho intramolecular Hbond substituents is 1. The number of benzene rings is 2. The Morgan fingerprint density at radius 1 is 1.04 bits per heavy atom. The zero-order valence-corrected chi connectivity index (χ0v) is 13.9. The van der Waals surface area contributed by atoms with Crippen molar-refractivity contribution in [2.24, 2.45) is 0 Å². The van der Waals surface area contributed by atoms with E-state index in [1.54, 1.807) is 35.2 Å². The van der Waals surface area contributed by atoms with Crippen LogP contribution in [-0.4, -0.2) is 60.1 Å². The van der Waals surface area contributed by atoms with Crippen molar-refractivity contribution >= 4 is 5.91 Å². The van der Waals surface area contributed by atoms with Gasteiger partial charge in [-0.15, -0.1) is 0 Å². The summed E-state index contributed by atoms with van der Waals surface area (Å²) < 4.78 is 18.4. The van der Waals surface area contributed by atoms with E-state index in [0.717, 1.165) is 19.6 Å². The molecule has 1 aliphatic heterocycles. The maximum Gasteiger partial charge on any atom is 0.257 e. The maximum absolute atomic E-state index is 12.8. The first-order valence-corrected chi connectivity index (χ1v) is 8.31. The van der Waals surface area contributed by atoms with Crippen LogP contribution in [0.3, 0.4) is 0 Å². The summed E-state index contributed by atoms with van der Waals surface area (Å²) in [6.45, 7) is 4.00. The predicted octanol–water partition coefficient (Wildman–Crippen LogP) is 2.37. The fourth-order valence-corrected chi connectivity index (χ4v) is 2.82. The largest absolute Gasteiger partial charge is 0.507 e. The van der Waals surface area contributed by atoms with Crippen LogP contribution in [0.1, 0.15) is 10.4 Å². The lowest BCUT2D eigenvalue weighted by Crippen LogP contribution is -2.49. The van der Waals surface area contributed by atoms with Crippen molar-refractivity contribution in [2.45, 2.75) is 0 Å². The first-order valence-electron chi connectivity index (χ1n) is 8.31. The van der Waals surface area contributed by atoms with E-state index in [1.807, 2.05) is 0 Å². The van der Waals surface area contributed by atoms with Crippen LogP contribution in [0.4, 0.5) is 4.39 Å². The normalized spacial score (nSPS) is 15.2. The Morgan fingerprint density at radius 3 is 2.40 bits per heavy atom. The van der Waals surface area contributed by atoms with Gasteiger partial charge in [-0.05, 0) is 36.4 Å². The summed E-state index contributed by atoms with van der Waals surface area (Å²) in [5, 5.41) is 9.81. The van der Waals surface area contributed by atoms with Gasteiger partial charge in [0.05, 0.1) is 5.56 Å². The summed E-state index contributed by atoms with van der Waals surface area (Å²) in [5.74, 6) is 0.246. The van der Waals surface area contributed by atoms with Crippen LogP contribution >= 0.6 is 0 Å². The molecule has 2 aromatic rings. The van der Waals surface area contributed by atoms with Crippen molar-refractivity contribution in [3.63, 3.8) is 0 Å². The van der Waals surface area contributed by atoms with Crippen molar-refractivity contribution in [1.82, 2.24) is 9.80 Å². The molecule has 132 valence electrons. The molecule has 0 aliphatic carbocycles. The molecular formula is C19H21FN2O3. The number of nitrogens with zero attached hydrogens (tertiary/aromatic N) is 2. The Bertz CT molecular complexity index is 713. The molecule has 3 rings (SSSR count). The lowest BCUT2D eigenvalue weighted by molar-refractivity contribution is 0.0617. The maximum atomic E-state index is 12.8. The molecule has 1 heterocycles. The van der Waals surface area contributed by atoms with E-state index in [-0.39, 0.29) is 17.5 Å². The molecule has 0 atom stereocenters. The minimum absolute atomic E-state index is 0.0163. The first kappa shape index (κ1) is 17.2. The second-order valence-electron chi connectivity index (χ2n) is 5.95. The second kappa shape index (κ2) is 7.98. The van der Waals surface area contributed by atoms with Gasteiger partial charge >= 0.3 is 0 Å². The van der Waals surface area contributed by atoms with E-state index in [2.05, 4.69) is 4.90 Å². The van der Waals surface area contributed by atoms with Gasteiger partial charge in [0.15, 0.2) is 0 Å². The number of amides is 1. The van der Waals surface area contributed by atoms with E-state index >= 15 is 0 Å². The van der Waals surface area contributed by atoms with Gasteiger partial charge < -0.3 is 14.7 Å². The van der Waals surface area contributed by atoms with E-state index in [4.69, 9.17) is 4.74 Å². The number of hydrogen-bond donors (Lipinski definition) is 1. The van der Waals surface area contributed by atoms with Gasteiger partial charge in [-0.1, -0.05) is 12.1 Å². The van der Waals surface area contributed by atoms with Crippen molar-refractivity contribution in [3.8, 4) is 11.5 Å². The molecule has 0 bridgehead atoms. The molecule has 25 heavy (non-hydrogen) atoms. The highest BCUT2D eigenvalue weighted by Gasteiger charge is 2.23. The number of aromatic hydroxyl groups is 1. The van der Waals surface area contributed by atoms with Crippen LogP contribution in [0.5, 0.6) is 11.5 Å². The van der Waals surface area contributed by atoms with Crippen LogP contribution in [0.15, 0.2) is 48.5 Å². The highest BCUT2D eigenvalue weighted by molar-refractivity contribution is 5.96. The molecule has 1 fully saturated rings. The molecule has 6 heteroatoms. The molecule has 0 aromatic heterocycles. The third-order valence-corrected chi connectivity index (χ3v) is 4.28. The Hall–Kier alpha value is -2.60. The molecule has 1 saturated heterocycles. The number of hydrogen-bond acceptors (Lipinski definition) is 4. The number of ether oxygens (including phenoxy) is 1. The standard InChI is InChI=1S/C19H21FN2O3/c20-15-5-7-16(8-6-15)25-14-13-21-9-11-22(12-10-21)19(24)17-3-1-2-4-18(17)23/h1-8,23H,9-14H2. The summed E-state index contributed by atoms with van der Waals surface area (Å²) in [6.07, 6.45) is 0. The highest BCUT2D eigenvalue weighted by atomic mass is 19.1. The molecule has 5 nitrogen and oxygen atoms in total. The van der Waals surface area contributed by atoms with Gasteiger partial charge in [0.2, 0.25) is 0 Å². The molecule has 1 amide bonds. The fraction of sp³-hybridized carbons (Fsp3) is 0.316. The van der Waals surface area contributed by atoms with Crippen molar-refractivity contribution in [3.05, 3.63) is 59.9 Å². The minimum Gasteiger partial charge on any atom is -0.507 e. The van der Waals surface area contributed by atoms with Gasteiger partial charge in [0, 0.05) is 32.7 Å². The molecule has 1 N–H and O–H groups in total. The fourth-order valence-electron chi connectivity index (χ4n) is 2.82. The number of rotatable bonds is 5. The Kier molecular flexibility index (Phi) is 5.50. The van der Waals surface area contributed by atoms with Crippen LogP contribution in [-0.2, 0) is 0 Å². The third-order valence-electron chi connectivity index (χ3n) is 4.28. The van der Waals surface area contributed by atoms with Crippen molar-refractivity contribution in [2.75, 3.05) is 39.3 Å². The smallest absolute Gasteiger partial charge is 0.257 e. The Balaban J connectivity index is 1.43. The lowest BCUT2D eigenvalue weighted by Gasteiger charge is -2.34. The summed E-state index contributed by atoms with van der Waals surface area (Å²) in [4.78, 5) is 16.4. The number of carbonyl (C=O) groups excluding carboxylic acids is 1. The molecule has 2 aromatic carbocycles.